The van der Waals surface area contributed by atoms with Gasteiger partial charge in [0.15, 0.2) is 0 Å². The van der Waals surface area contributed by atoms with Crippen LogP contribution in [0.3, 0.4) is 0 Å². The van der Waals surface area contributed by atoms with Gasteiger partial charge in [0.05, 0.1) is 17.4 Å². The van der Waals surface area contributed by atoms with E-state index in [1.807, 2.05) is 13.0 Å². The number of hydrogen-bond donors (Lipinski definition) is 1. The van der Waals surface area contributed by atoms with Gasteiger partial charge in [-0.25, -0.2) is 0 Å². The number of rotatable bonds is 3. The molecule has 152 valence electrons. The molecule has 0 saturated carbocycles. The minimum Gasteiger partial charge on any atom is -0.369 e. The molecule has 4 heterocycles. The van der Waals surface area contributed by atoms with Crippen molar-refractivity contribution in [3.63, 3.8) is 0 Å². The third kappa shape index (κ3) is 3.25. The highest BCUT2D eigenvalue weighted by Gasteiger charge is 2.16. The highest BCUT2D eigenvalue weighted by Crippen LogP contribution is 2.27. The fourth-order valence-electron chi connectivity index (χ4n) is 3.83. The number of benzene rings is 1. The molecule has 0 spiro atoms. The summed E-state index contributed by atoms with van der Waals surface area (Å²) >= 11 is 0. The van der Waals surface area contributed by atoms with Crippen LogP contribution in [-0.4, -0.2) is 63.1 Å². The minimum atomic E-state index is -0.223. The van der Waals surface area contributed by atoms with Crippen molar-refractivity contribution in [2.24, 2.45) is 0 Å². The summed E-state index contributed by atoms with van der Waals surface area (Å²) in [7, 11) is 2.16. The van der Waals surface area contributed by atoms with E-state index < -0.39 is 0 Å². The van der Waals surface area contributed by atoms with Gasteiger partial charge in [-0.05, 0) is 37.7 Å². The van der Waals surface area contributed by atoms with Gasteiger partial charge in [-0.15, -0.1) is 0 Å². The summed E-state index contributed by atoms with van der Waals surface area (Å²) in [6.07, 6.45) is 3.35. The first-order chi connectivity index (χ1) is 14.6. The topological polar surface area (TPSA) is 82.9 Å². The standard InChI is InChI=1S/C22H23N7O/c1-15-7-8-23-14-19(15)29-20(30)13-18-22(26-29)21(25-24-18)16-3-5-17(6-4-16)28-11-9-27(2)10-12-28/h3-8,13-14,24H,9-12H2,1-2H3. The summed E-state index contributed by atoms with van der Waals surface area (Å²) in [4.78, 5) is 21.5. The first-order valence-electron chi connectivity index (χ1n) is 10.0. The monoisotopic (exact) mass is 401 g/mol. The van der Waals surface area contributed by atoms with Crippen molar-refractivity contribution in [1.29, 1.82) is 0 Å². The van der Waals surface area contributed by atoms with Crippen molar-refractivity contribution in [2.45, 2.75) is 6.92 Å². The van der Waals surface area contributed by atoms with Gasteiger partial charge in [-0.2, -0.15) is 14.9 Å². The molecule has 1 aromatic carbocycles. The zero-order valence-corrected chi connectivity index (χ0v) is 17.0. The van der Waals surface area contributed by atoms with Crippen LogP contribution < -0.4 is 10.5 Å². The highest BCUT2D eigenvalue weighted by molar-refractivity contribution is 5.89. The Hall–Kier alpha value is -3.52. The first-order valence-corrected chi connectivity index (χ1v) is 10.0. The first kappa shape index (κ1) is 18.5. The molecule has 1 aliphatic rings. The molecule has 0 amide bonds. The zero-order chi connectivity index (χ0) is 20.7. The van der Waals surface area contributed by atoms with Gasteiger partial charge < -0.3 is 9.80 Å². The molecule has 0 atom stereocenters. The lowest BCUT2D eigenvalue weighted by atomic mass is 10.1. The van der Waals surface area contributed by atoms with E-state index in [-0.39, 0.29) is 5.56 Å². The summed E-state index contributed by atoms with van der Waals surface area (Å²) in [6.45, 7) is 6.13. The van der Waals surface area contributed by atoms with Crippen molar-refractivity contribution in [2.75, 3.05) is 38.1 Å². The van der Waals surface area contributed by atoms with Crippen LogP contribution in [0.4, 0.5) is 5.69 Å². The Bertz CT molecular complexity index is 1250. The molecule has 5 rings (SSSR count). The number of H-pyrrole nitrogens is 1. The van der Waals surface area contributed by atoms with E-state index in [0.717, 1.165) is 43.0 Å². The number of aryl methyl sites for hydroxylation is 1. The molecule has 1 aliphatic heterocycles. The molecule has 8 heteroatoms. The fraction of sp³-hybridized carbons (Fsp3) is 0.273. The maximum Gasteiger partial charge on any atom is 0.273 e. The second-order valence-electron chi connectivity index (χ2n) is 7.73. The van der Waals surface area contributed by atoms with Gasteiger partial charge in [0, 0.05) is 49.7 Å². The van der Waals surface area contributed by atoms with Gasteiger partial charge in [0.25, 0.3) is 5.56 Å². The third-order valence-corrected chi connectivity index (χ3v) is 5.69. The van der Waals surface area contributed by atoms with E-state index in [9.17, 15) is 4.79 Å². The smallest absolute Gasteiger partial charge is 0.273 e. The van der Waals surface area contributed by atoms with E-state index in [4.69, 9.17) is 0 Å². The fourth-order valence-corrected chi connectivity index (χ4v) is 3.83. The molecule has 1 saturated heterocycles. The van der Waals surface area contributed by atoms with Gasteiger partial charge >= 0.3 is 0 Å². The SMILES string of the molecule is Cc1ccncc1-n1nc2c(-c3ccc(N4CCN(C)CC4)cc3)n[nH]c2cc1=O. The summed E-state index contributed by atoms with van der Waals surface area (Å²) in [5.74, 6) is 0. The minimum absolute atomic E-state index is 0.223. The van der Waals surface area contributed by atoms with Crippen LogP contribution in [0.5, 0.6) is 0 Å². The van der Waals surface area contributed by atoms with Crippen LogP contribution in [-0.2, 0) is 0 Å². The van der Waals surface area contributed by atoms with Crippen LogP contribution in [0.25, 0.3) is 28.0 Å². The number of aromatic nitrogens is 5. The molecular weight excluding hydrogens is 378 g/mol. The van der Waals surface area contributed by atoms with Crippen LogP contribution in [0.15, 0.2) is 53.6 Å². The van der Waals surface area contributed by atoms with Gasteiger partial charge in [-0.3, -0.25) is 14.9 Å². The number of nitrogens with zero attached hydrogens (tertiary/aromatic N) is 6. The Kier molecular flexibility index (Phi) is 4.55. The number of fused-ring (bicyclic) bond motifs is 1. The number of aromatic amines is 1. The highest BCUT2D eigenvalue weighted by atomic mass is 16.1. The van der Waals surface area contributed by atoms with E-state index in [1.54, 1.807) is 12.4 Å². The Labute approximate surface area is 173 Å². The molecule has 8 nitrogen and oxygen atoms in total. The van der Waals surface area contributed by atoms with Crippen LogP contribution in [0.2, 0.25) is 0 Å². The van der Waals surface area contributed by atoms with Crippen LogP contribution in [0, 0.1) is 6.92 Å². The Morgan fingerprint density at radius 3 is 2.53 bits per heavy atom. The summed E-state index contributed by atoms with van der Waals surface area (Å²) in [5, 5.41) is 12.0. The van der Waals surface area contributed by atoms with Gasteiger partial charge in [-0.1, -0.05) is 12.1 Å². The van der Waals surface area contributed by atoms with Crippen molar-refractivity contribution >= 4 is 16.7 Å². The molecule has 0 aliphatic carbocycles. The molecule has 0 radical (unpaired) electrons. The van der Waals surface area contributed by atoms with Crippen molar-refractivity contribution in [3.8, 4) is 16.9 Å². The predicted octanol–water partition coefficient (Wildman–Crippen LogP) is 2.23. The Balaban J connectivity index is 1.53. The van der Waals surface area contributed by atoms with Crippen molar-refractivity contribution in [3.05, 3.63) is 64.7 Å². The number of nitrogens with one attached hydrogen (secondary N) is 1. The van der Waals surface area contributed by atoms with Crippen LogP contribution in [0.1, 0.15) is 5.56 Å². The van der Waals surface area contributed by atoms with E-state index in [1.165, 1.54) is 16.4 Å². The lowest BCUT2D eigenvalue weighted by Gasteiger charge is -2.34. The van der Waals surface area contributed by atoms with Gasteiger partial charge in [0.1, 0.15) is 11.2 Å². The van der Waals surface area contributed by atoms with Gasteiger partial charge in [0.2, 0.25) is 0 Å². The van der Waals surface area contributed by atoms with Crippen LogP contribution >= 0.6 is 0 Å². The Morgan fingerprint density at radius 1 is 1.03 bits per heavy atom. The maximum atomic E-state index is 12.6. The number of pyridine rings is 1. The molecule has 30 heavy (non-hydrogen) atoms. The average Bonchev–Trinajstić information content (AvgIpc) is 3.17. The zero-order valence-electron chi connectivity index (χ0n) is 17.0. The molecular formula is C22H23N7O. The summed E-state index contributed by atoms with van der Waals surface area (Å²) in [5.41, 5.74) is 5.55. The molecule has 1 fully saturated rings. The predicted molar refractivity (Wildman–Crippen MR) is 117 cm³/mol. The quantitative estimate of drug-likeness (QED) is 0.567. The lowest BCUT2D eigenvalue weighted by Crippen LogP contribution is -2.44. The normalized spacial score (nSPS) is 15.1. The van der Waals surface area contributed by atoms with E-state index in [0.29, 0.717) is 16.7 Å². The summed E-state index contributed by atoms with van der Waals surface area (Å²) in [6, 6.07) is 11.8. The third-order valence-electron chi connectivity index (χ3n) is 5.69. The number of hydrogen-bond acceptors (Lipinski definition) is 6. The number of piperazine rings is 1. The van der Waals surface area contributed by atoms with E-state index in [2.05, 4.69) is 61.4 Å². The second-order valence-corrected chi connectivity index (χ2v) is 7.73. The second kappa shape index (κ2) is 7.38. The van der Waals surface area contributed by atoms with Crippen molar-refractivity contribution < 1.29 is 0 Å². The molecule has 0 bridgehead atoms. The molecule has 1 N–H and O–H groups in total. The summed E-state index contributed by atoms with van der Waals surface area (Å²) < 4.78 is 1.39. The largest absolute Gasteiger partial charge is 0.369 e. The maximum absolute atomic E-state index is 12.6. The number of anilines is 1. The Morgan fingerprint density at radius 2 is 1.80 bits per heavy atom. The lowest BCUT2D eigenvalue weighted by molar-refractivity contribution is 0.313. The van der Waals surface area contributed by atoms with E-state index >= 15 is 0 Å². The molecule has 0 unspecified atom stereocenters. The number of likely N-dealkylation sites (N-methyl/N-ethyl adjacent to an activating group) is 1. The molecule has 4 aromatic rings. The molecule has 3 aromatic heterocycles. The average molecular weight is 401 g/mol. The van der Waals surface area contributed by atoms with Crippen molar-refractivity contribution in [1.82, 2.24) is 29.9 Å².